The molecule has 0 aromatic carbocycles. The van der Waals surface area contributed by atoms with Gasteiger partial charge in [0.05, 0.1) is 6.54 Å². The van der Waals surface area contributed by atoms with Gasteiger partial charge < -0.3 is 16.0 Å². The van der Waals surface area contributed by atoms with Crippen molar-refractivity contribution < 1.29 is 9.59 Å². The molecule has 0 saturated carbocycles. The predicted octanol–water partition coefficient (Wildman–Crippen LogP) is 0.583. The molecule has 0 bridgehead atoms. The van der Waals surface area contributed by atoms with Gasteiger partial charge in [0.1, 0.15) is 0 Å². The first-order valence-corrected chi connectivity index (χ1v) is 6.49. The van der Waals surface area contributed by atoms with E-state index in [1.807, 2.05) is 6.92 Å². The zero-order valence-electron chi connectivity index (χ0n) is 11.0. The van der Waals surface area contributed by atoms with Gasteiger partial charge in [-0.1, -0.05) is 6.92 Å². The first-order chi connectivity index (χ1) is 8.22. The molecule has 18 heavy (non-hydrogen) atoms. The molecule has 2 amide bonds. The van der Waals surface area contributed by atoms with Crippen LogP contribution in [0.25, 0.3) is 0 Å². The number of hydrogen-bond acceptors (Lipinski definition) is 3. The Bertz CT molecular complexity index is 256. The third kappa shape index (κ3) is 7.50. The second-order valence-corrected chi connectivity index (χ2v) is 4.46. The molecule has 0 aromatic heterocycles. The highest BCUT2D eigenvalue weighted by Gasteiger charge is 2.15. The zero-order chi connectivity index (χ0) is 12.5. The van der Waals surface area contributed by atoms with Crippen LogP contribution in [-0.2, 0) is 9.59 Å². The number of nitrogens with one attached hydrogen (secondary N) is 3. The van der Waals surface area contributed by atoms with Gasteiger partial charge in [-0.25, -0.2) is 0 Å². The van der Waals surface area contributed by atoms with Gasteiger partial charge in [0.25, 0.3) is 0 Å². The normalized spacial score (nSPS) is 17.9. The van der Waals surface area contributed by atoms with Crippen molar-refractivity contribution in [3.05, 3.63) is 0 Å². The van der Waals surface area contributed by atoms with Gasteiger partial charge in [-0.05, 0) is 32.2 Å². The molecule has 0 radical (unpaired) electrons. The van der Waals surface area contributed by atoms with Crippen molar-refractivity contribution in [1.82, 2.24) is 16.0 Å². The second kappa shape index (κ2) is 10.1. The van der Waals surface area contributed by atoms with Crippen molar-refractivity contribution in [1.29, 1.82) is 0 Å². The summed E-state index contributed by atoms with van der Waals surface area (Å²) in [5.41, 5.74) is 0. The smallest absolute Gasteiger partial charge is 0.239 e. The van der Waals surface area contributed by atoms with Crippen LogP contribution in [0.2, 0.25) is 0 Å². The molecule has 0 spiro atoms. The topological polar surface area (TPSA) is 70.2 Å². The minimum Gasteiger partial charge on any atom is -0.355 e. The van der Waals surface area contributed by atoms with E-state index in [9.17, 15) is 9.59 Å². The van der Waals surface area contributed by atoms with Gasteiger partial charge in [-0.3, -0.25) is 9.59 Å². The van der Waals surface area contributed by atoms with E-state index in [2.05, 4.69) is 16.0 Å². The van der Waals surface area contributed by atoms with Crippen molar-refractivity contribution in [2.24, 2.45) is 0 Å². The Labute approximate surface area is 115 Å². The lowest BCUT2D eigenvalue weighted by Gasteiger charge is -2.10. The molecule has 1 aliphatic rings. The van der Waals surface area contributed by atoms with Crippen LogP contribution < -0.4 is 16.0 Å². The largest absolute Gasteiger partial charge is 0.355 e. The number of amides is 2. The maximum Gasteiger partial charge on any atom is 0.239 e. The summed E-state index contributed by atoms with van der Waals surface area (Å²) in [6.45, 7) is 3.82. The van der Waals surface area contributed by atoms with Gasteiger partial charge in [0.2, 0.25) is 11.8 Å². The molecule has 1 atom stereocenters. The summed E-state index contributed by atoms with van der Waals surface area (Å²) < 4.78 is 0. The predicted molar refractivity (Wildman–Crippen MR) is 73.8 cm³/mol. The van der Waals surface area contributed by atoms with Crippen molar-refractivity contribution in [3.63, 3.8) is 0 Å². The highest BCUT2D eigenvalue weighted by Crippen LogP contribution is 2.10. The molecule has 0 aromatic rings. The van der Waals surface area contributed by atoms with E-state index in [0.29, 0.717) is 19.0 Å². The van der Waals surface area contributed by atoms with Crippen LogP contribution in [0, 0.1) is 0 Å². The van der Waals surface area contributed by atoms with Gasteiger partial charge in [0, 0.05) is 19.0 Å². The maximum absolute atomic E-state index is 11.5. The Morgan fingerprint density at radius 1 is 1.28 bits per heavy atom. The lowest BCUT2D eigenvalue weighted by atomic mass is 10.1. The van der Waals surface area contributed by atoms with Crippen molar-refractivity contribution in [2.45, 2.75) is 45.1 Å². The summed E-state index contributed by atoms with van der Waals surface area (Å²) in [5.74, 6) is -0.149. The van der Waals surface area contributed by atoms with Crippen LogP contribution in [0.3, 0.4) is 0 Å². The summed E-state index contributed by atoms with van der Waals surface area (Å²) in [5, 5.41) is 8.70. The number of carbonyl (C=O) groups is 2. The third-order valence-electron chi connectivity index (χ3n) is 2.90. The molecular formula is C12H24ClN3O2. The van der Waals surface area contributed by atoms with E-state index < -0.39 is 0 Å². The highest BCUT2D eigenvalue weighted by atomic mass is 35.5. The van der Waals surface area contributed by atoms with E-state index in [4.69, 9.17) is 0 Å². The minimum absolute atomic E-state index is 0. The Hall–Kier alpha value is -0.810. The molecule has 106 valence electrons. The number of carbonyl (C=O) groups excluding carboxylic acids is 2. The van der Waals surface area contributed by atoms with Crippen LogP contribution in [0.15, 0.2) is 0 Å². The van der Waals surface area contributed by atoms with Gasteiger partial charge in [-0.15, -0.1) is 12.4 Å². The number of rotatable bonds is 7. The summed E-state index contributed by atoms with van der Waals surface area (Å²) in [6, 6.07) is 0.481. The first-order valence-electron chi connectivity index (χ1n) is 6.49. The van der Waals surface area contributed by atoms with E-state index in [1.165, 1.54) is 6.42 Å². The van der Waals surface area contributed by atoms with Crippen LogP contribution >= 0.6 is 12.4 Å². The fraction of sp³-hybridized carbons (Fsp3) is 0.833. The lowest BCUT2D eigenvalue weighted by molar-refractivity contribution is -0.126. The summed E-state index contributed by atoms with van der Waals surface area (Å²) in [7, 11) is 0. The van der Waals surface area contributed by atoms with Gasteiger partial charge in [-0.2, -0.15) is 0 Å². The van der Waals surface area contributed by atoms with Crippen LogP contribution in [-0.4, -0.2) is 37.5 Å². The molecule has 1 heterocycles. The van der Waals surface area contributed by atoms with E-state index in [0.717, 1.165) is 25.8 Å². The number of halogens is 1. The summed E-state index contributed by atoms with van der Waals surface area (Å²) in [6.07, 6.45) is 4.63. The molecule has 1 unspecified atom stereocenters. The zero-order valence-corrected chi connectivity index (χ0v) is 11.8. The van der Waals surface area contributed by atoms with Crippen LogP contribution in [0.4, 0.5) is 0 Å². The molecule has 1 aliphatic heterocycles. The van der Waals surface area contributed by atoms with E-state index in [-0.39, 0.29) is 30.8 Å². The molecule has 0 aliphatic carbocycles. The average molecular weight is 278 g/mol. The standard InChI is InChI=1S/C12H23N3O2.ClH/c1-2-7-14-12(17)9-15-11(16)6-5-10-4-3-8-13-10;/h10,13H,2-9H2,1H3,(H,14,17)(H,15,16);1H. The lowest BCUT2D eigenvalue weighted by Crippen LogP contribution is -2.37. The Morgan fingerprint density at radius 3 is 2.67 bits per heavy atom. The van der Waals surface area contributed by atoms with E-state index >= 15 is 0 Å². The quantitative estimate of drug-likeness (QED) is 0.638. The molecule has 5 nitrogen and oxygen atoms in total. The monoisotopic (exact) mass is 277 g/mol. The molecule has 3 N–H and O–H groups in total. The maximum atomic E-state index is 11.5. The van der Waals surface area contributed by atoms with Crippen LogP contribution in [0.1, 0.15) is 39.0 Å². The number of hydrogen-bond donors (Lipinski definition) is 3. The Kier molecular flexibility index (Phi) is 9.69. The van der Waals surface area contributed by atoms with Crippen molar-refractivity contribution in [3.8, 4) is 0 Å². The van der Waals surface area contributed by atoms with Gasteiger partial charge in [0.15, 0.2) is 0 Å². The third-order valence-corrected chi connectivity index (χ3v) is 2.90. The fourth-order valence-electron chi connectivity index (χ4n) is 1.90. The molecule has 1 rings (SSSR count). The Morgan fingerprint density at radius 2 is 2.06 bits per heavy atom. The molecule has 1 fully saturated rings. The average Bonchev–Trinajstić information content (AvgIpc) is 2.84. The molecule has 1 saturated heterocycles. The summed E-state index contributed by atoms with van der Waals surface area (Å²) >= 11 is 0. The minimum atomic E-state index is -0.112. The fourth-order valence-corrected chi connectivity index (χ4v) is 1.90. The first kappa shape index (κ1) is 17.2. The SMILES string of the molecule is CCCNC(=O)CNC(=O)CCC1CCCN1.Cl. The van der Waals surface area contributed by atoms with Crippen molar-refractivity contribution >= 4 is 24.2 Å². The van der Waals surface area contributed by atoms with Crippen molar-refractivity contribution in [2.75, 3.05) is 19.6 Å². The molecular weight excluding hydrogens is 254 g/mol. The van der Waals surface area contributed by atoms with E-state index in [1.54, 1.807) is 0 Å². The van der Waals surface area contributed by atoms with Crippen LogP contribution in [0.5, 0.6) is 0 Å². The molecule has 6 heteroatoms. The highest BCUT2D eigenvalue weighted by molar-refractivity contribution is 5.85. The summed E-state index contributed by atoms with van der Waals surface area (Å²) in [4.78, 5) is 22.7. The Balaban J connectivity index is 0.00000289. The van der Waals surface area contributed by atoms with Gasteiger partial charge >= 0.3 is 0 Å². The second-order valence-electron chi connectivity index (χ2n) is 4.46.